The Balaban J connectivity index is 2.15. The zero-order chi connectivity index (χ0) is 14.0. The van der Waals surface area contributed by atoms with E-state index in [9.17, 15) is 5.11 Å². The Kier molecular flexibility index (Phi) is 3.81. The van der Waals surface area contributed by atoms with Gasteiger partial charge in [-0.1, -0.05) is 6.07 Å². The van der Waals surface area contributed by atoms with E-state index in [4.69, 9.17) is 10.2 Å². The van der Waals surface area contributed by atoms with Crippen molar-refractivity contribution in [1.29, 1.82) is 0 Å². The molecule has 1 atom stereocenters. The van der Waals surface area contributed by atoms with Crippen LogP contribution in [0.4, 0.5) is 5.69 Å². The quantitative estimate of drug-likeness (QED) is 0.887. The highest BCUT2D eigenvalue weighted by Crippen LogP contribution is 2.28. The van der Waals surface area contributed by atoms with Gasteiger partial charge in [0.15, 0.2) is 0 Å². The zero-order valence-corrected chi connectivity index (χ0v) is 11.6. The maximum Gasteiger partial charge on any atom is 0.123 e. The lowest BCUT2D eigenvalue weighted by atomic mass is 10.1. The van der Waals surface area contributed by atoms with E-state index in [-0.39, 0.29) is 11.8 Å². The molecule has 0 fully saturated rings. The van der Waals surface area contributed by atoms with Gasteiger partial charge in [0.25, 0.3) is 0 Å². The molecular weight excluding hydrogens is 240 g/mol. The number of aromatic hydroxyl groups is 1. The molecule has 0 aliphatic carbocycles. The van der Waals surface area contributed by atoms with E-state index in [1.54, 1.807) is 6.07 Å². The Morgan fingerprint density at radius 2 is 2.05 bits per heavy atom. The first-order chi connectivity index (χ1) is 8.97. The Hall–Kier alpha value is -1.94. The number of phenolic OH excluding ortho intramolecular Hbond substituents is 1. The van der Waals surface area contributed by atoms with Crippen molar-refractivity contribution in [3.8, 4) is 5.75 Å². The summed E-state index contributed by atoms with van der Waals surface area (Å²) in [6.45, 7) is 4.43. The topological polar surface area (TPSA) is 62.6 Å². The molecule has 2 rings (SSSR count). The van der Waals surface area contributed by atoms with Gasteiger partial charge in [0, 0.05) is 30.4 Å². The monoisotopic (exact) mass is 260 g/mol. The number of nitrogens with zero attached hydrogens (tertiary/aromatic N) is 1. The van der Waals surface area contributed by atoms with Crippen molar-refractivity contribution in [2.75, 3.05) is 11.9 Å². The van der Waals surface area contributed by atoms with Gasteiger partial charge in [-0.05, 0) is 32.0 Å². The third kappa shape index (κ3) is 3.09. The van der Waals surface area contributed by atoms with Gasteiger partial charge in [-0.2, -0.15) is 0 Å². The number of benzene rings is 1. The molecule has 0 radical (unpaired) electrons. The average molecular weight is 260 g/mol. The molecule has 4 nitrogen and oxygen atoms in total. The van der Waals surface area contributed by atoms with Crippen LogP contribution in [0.15, 0.2) is 34.7 Å². The van der Waals surface area contributed by atoms with E-state index in [1.807, 2.05) is 50.1 Å². The third-order valence-corrected chi connectivity index (χ3v) is 3.13. The summed E-state index contributed by atoms with van der Waals surface area (Å²) in [7, 11) is 1.96. The maximum atomic E-state index is 9.95. The first kappa shape index (κ1) is 13.5. The molecule has 0 aliphatic rings. The number of hydrogen-bond acceptors (Lipinski definition) is 4. The van der Waals surface area contributed by atoms with Gasteiger partial charge in [0.05, 0.1) is 6.54 Å². The Bertz CT molecular complexity index is 561. The summed E-state index contributed by atoms with van der Waals surface area (Å²) in [6.07, 6.45) is 0. The van der Waals surface area contributed by atoms with E-state index >= 15 is 0 Å². The van der Waals surface area contributed by atoms with Crippen molar-refractivity contribution >= 4 is 5.69 Å². The SMILES string of the molecule is Cc1ccc(CN(C)c2ccc(C(C)N)c(O)c2)o1. The zero-order valence-electron chi connectivity index (χ0n) is 11.6. The Morgan fingerprint density at radius 1 is 1.32 bits per heavy atom. The fraction of sp³-hybridized carbons (Fsp3) is 0.333. The standard InChI is InChI=1S/C15H20N2O2/c1-10-4-6-13(19-10)9-17(3)12-5-7-14(11(2)16)15(18)8-12/h4-8,11,18H,9,16H2,1-3H3. The summed E-state index contributed by atoms with van der Waals surface area (Å²) in [6, 6.07) is 9.27. The Morgan fingerprint density at radius 3 is 2.58 bits per heavy atom. The summed E-state index contributed by atoms with van der Waals surface area (Å²) in [5, 5.41) is 9.95. The molecule has 1 aromatic carbocycles. The molecule has 4 heteroatoms. The van der Waals surface area contributed by atoms with Crippen LogP contribution in [0.1, 0.15) is 30.0 Å². The van der Waals surface area contributed by atoms with Gasteiger partial charge in [0.2, 0.25) is 0 Å². The van der Waals surface area contributed by atoms with Gasteiger partial charge in [-0.3, -0.25) is 0 Å². The number of aryl methyl sites for hydroxylation is 1. The van der Waals surface area contributed by atoms with Crippen LogP contribution in [-0.4, -0.2) is 12.2 Å². The smallest absolute Gasteiger partial charge is 0.123 e. The highest BCUT2D eigenvalue weighted by molar-refractivity contribution is 5.53. The molecule has 19 heavy (non-hydrogen) atoms. The molecule has 1 unspecified atom stereocenters. The lowest BCUT2D eigenvalue weighted by molar-refractivity contribution is 0.463. The van der Waals surface area contributed by atoms with Crippen molar-refractivity contribution < 1.29 is 9.52 Å². The van der Waals surface area contributed by atoms with Crippen LogP contribution in [0, 0.1) is 6.92 Å². The molecule has 0 amide bonds. The number of nitrogens with two attached hydrogens (primary N) is 1. The van der Waals surface area contributed by atoms with E-state index in [0.717, 1.165) is 22.8 Å². The number of rotatable bonds is 4. The summed E-state index contributed by atoms with van der Waals surface area (Å²) in [4.78, 5) is 2.02. The number of furan rings is 1. The molecule has 0 saturated heterocycles. The summed E-state index contributed by atoms with van der Waals surface area (Å²) in [5.74, 6) is 2.03. The number of anilines is 1. The minimum Gasteiger partial charge on any atom is -0.508 e. The molecule has 1 heterocycles. The lowest BCUT2D eigenvalue weighted by Crippen LogP contribution is -2.16. The highest BCUT2D eigenvalue weighted by atomic mass is 16.3. The molecule has 102 valence electrons. The van der Waals surface area contributed by atoms with Crippen LogP contribution in [0.3, 0.4) is 0 Å². The van der Waals surface area contributed by atoms with Crippen LogP contribution in [0.25, 0.3) is 0 Å². The third-order valence-electron chi connectivity index (χ3n) is 3.13. The summed E-state index contributed by atoms with van der Waals surface area (Å²) >= 11 is 0. The Labute approximate surface area is 113 Å². The van der Waals surface area contributed by atoms with Crippen LogP contribution >= 0.6 is 0 Å². The maximum absolute atomic E-state index is 9.95. The molecule has 3 N–H and O–H groups in total. The van der Waals surface area contributed by atoms with Crippen molar-refractivity contribution in [3.63, 3.8) is 0 Å². The summed E-state index contributed by atoms with van der Waals surface area (Å²) in [5.41, 5.74) is 7.46. The minimum absolute atomic E-state index is 0.174. The molecule has 0 bridgehead atoms. The van der Waals surface area contributed by atoms with E-state index in [1.165, 1.54) is 0 Å². The van der Waals surface area contributed by atoms with Crippen molar-refractivity contribution in [2.45, 2.75) is 26.4 Å². The average Bonchev–Trinajstić information content (AvgIpc) is 2.74. The van der Waals surface area contributed by atoms with Gasteiger partial charge in [-0.15, -0.1) is 0 Å². The fourth-order valence-electron chi connectivity index (χ4n) is 2.05. The van der Waals surface area contributed by atoms with E-state index < -0.39 is 0 Å². The molecule has 0 spiro atoms. The van der Waals surface area contributed by atoms with E-state index in [2.05, 4.69) is 0 Å². The second kappa shape index (κ2) is 5.36. The second-order valence-corrected chi connectivity index (χ2v) is 4.90. The van der Waals surface area contributed by atoms with Gasteiger partial charge in [-0.25, -0.2) is 0 Å². The first-order valence-corrected chi connectivity index (χ1v) is 6.32. The van der Waals surface area contributed by atoms with Crippen LogP contribution in [0.5, 0.6) is 5.75 Å². The predicted molar refractivity (Wildman–Crippen MR) is 76.3 cm³/mol. The van der Waals surface area contributed by atoms with E-state index in [0.29, 0.717) is 6.54 Å². The molecule has 0 saturated carbocycles. The number of hydrogen-bond donors (Lipinski definition) is 2. The van der Waals surface area contributed by atoms with Crippen LogP contribution < -0.4 is 10.6 Å². The predicted octanol–water partition coefficient (Wildman–Crippen LogP) is 2.95. The first-order valence-electron chi connectivity index (χ1n) is 6.32. The van der Waals surface area contributed by atoms with Gasteiger partial charge in [0.1, 0.15) is 17.3 Å². The normalized spacial score (nSPS) is 12.4. The molecule has 1 aromatic heterocycles. The molecule has 2 aromatic rings. The van der Waals surface area contributed by atoms with Crippen molar-refractivity contribution in [3.05, 3.63) is 47.4 Å². The van der Waals surface area contributed by atoms with Crippen LogP contribution in [0.2, 0.25) is 0 Å². The molecule has 0 aliphatic heterocycles. The van der Waals surface area contributed by atoms with Gasteiger partial charge >= 0.3 is 0 Å². The fourth-order valence-corrected chi connectivity index (χ4v) is 2.05. The van der Waals surface area contributed by atoms with Crippen molar-refractivity contribution in [1.82, 2.24) is 0 Å². The van der Waals surface area contributed by atoms with Crippen molar-refractivity contribution in [2.24, 2.45) is 5.73 Å². The highest BCUT2D eigenvalue weighted by Gasteiger charge is 2.10. The minimum atomic E-state index is -0.174. The van der Waals surface area contributed by atoms with Crippen LogP contribution in [-0.2, 0) is 6.54 Å². The molecular formula is C15H20N2O2. The second-order valence-electron chi connectivity index (χ2n) is 4.90. The van der Waals surface area contributed by atoms with Gasteiger partial charge < -0.3 is 20.2 Å². The summed E-state index contributed by atoms with van der Waals surface area (Å²) < 4.78 is 5.54. The lowest BCUT2D eigenvalue weighted by Gasteiger charge is -2.19. The largest absolute Gasteiger partial charge is 0.508 e. The number of phenols is 1.